The predicted molar refractivity (Wildman–Crippen MR) is 65.5 cm³/mol. The van der Waals surface area contributed by atoms with Crippen molar-refractivity contribution in [1.82, 2.24) is 29.9 Å². The lowest BCUT2D eigenvalue weighted by Crippen LogP contribution is -2.20. The van der Waals surface area contributed by atoms with E-state index >= 15 is 0 Å². The molecule has 2 rings (SSSR count). The van der Waals surface area contributed by atoms with Crippen LogP contribution in [0, 0.1) is 6.92 Å². The fourth-order valence-electron chi connectivity index (χ4n) is 1.60. The maximum Gasteiger partial charge on any atom is 0.147 e. The zero-order valence-electron chi connectivity index (χ0n) is 10.3. The van der Waals surface area contributed by atoms with Crippen LogP contribution in [0.3, 0.4) is 0 Å². The molecule has 17 heavy (non-hydrogen) atoms. The van der Waals surface area contributed by atoms with Gasteiger partial charge in [-0.2, -0.15) is 0 Å². The molecule has 0 aliphatic heterocycles. The second kappa shape index (κ2) is 5.33. The molecule has 2 aromatic heterocycles. The minimum Gasteiger partial charge on any atom is -0.317 e. The van der Waals surface area contributed by atoms with E-state index in [0.29, 0.717) is 0 Å². The molecule has 2 aromatic rings. The van der Waals surface area contributed by atoms with E-state index in [4.69, 9.17) is 0 Å². The summed E-state index contributed by atoms with van der Waals surface area (Å²) in [5.41, 5.74) is 0. The van der Waals surface area contributed by atoms with Crippen molar-refractivity contribution in [3.8, 4) is 0 Å². The van der Waals surface area contributed by atoms with Crippen LogP contribution in [-0.2, 0) is 19.6 Å². The summed E-state index contributed by atoms with van der Waals surface area (Å²) in [5.74, 6) is 0.983. The molecule has 92 valence electrons. The molecular weight excluding hydrogens is 236 g/mol. The Kier molecular flexibility index (Phi) is 3.80. The van der Waals surface area contributed by atoms with E-state index in [1.54, 1.807) is 17.7 Å². The van der Waals surface area contributed by atoms with Crippen LogP contribution in [0.1, 0.15) is 22.8 Å². The third-order valence-corrected chi connectivity index (χ3v) is 3.24. The molecule has 0 spiro atoms. The van der Waals surface area contributed by atoms with Gasteiger partial charge in [0.2, 0.25) is 0 Å². The van der Waals surface area contributed by atoms with E-state index < -0.39 is 0 Å². The van der Waals surface area contributed by atoms with Crippen molar-refractivity contribution in [1.29, 1.82) is 0 Å². The molecule has 0 saturated carbocycles. The number of hydrogen-bond acceptors (Lipinski definition) is 6. The standard InChI is InChI=1S/C10H16N6S/c1-4-16-7-11-13-9(16)5-15(3)6-10-14-12-8(2)17-10/h7H,4-6H2,1-3H3. The molecule has 0 unspecified atom stereocenters. The van der Waals surface area contributed by atoms with Crippen molar-refractivity contribution in [3.05, 3.63) is 22.2 Å². The highest BCUT2D eigenvalue weighted by Gasteiger charge is 2.09. The third kappa shape index (κ3) is 3.07. The lowest BCUT2D eigenvalue weighted by molar-refractivity contribution is 0.304. The molecule has 7 heteroatoms. The van der Waals surface area contributed by atoms with Gasteiger partial charge in [0.25, 0.3) is 0 Å². The first-order valence-corrected chi connectivity index (χ1v) is 6.35. The van der Waals surface area contributed by atoms with Crippen LogP contribution in [0.4, 0.5) is 0 Å². The lowest BCUT2D eigenvalue weighted by atomic mass is 10.5. The Morgan fingerprint density at radius 2 is 2.12 bits per heavy atom. The summed E-state index contributed by atoms with van der Waals surface area (Å²) in [6.07, 6.45) is 1.76. The number of aryl methyl sites for hydroxylation is 2. The molecule has 0 aromatic carbocycles. The number of hydrogen-bond donors (Lipinski definition) is 0. The number of aromatic nitrogens is 5. The van der Waals surface area contributed by atoms with Crippen LogP contribution in [0.25, 0.3) is 0 Å². The molecule has 0 radical (unpaired) electrons. The Morgan fingerprint density at radius 3 is 2.76 bits per heavy atom. The van der Waals surface area contributed by atoms with Crippen molar-refractivity contribution in [3.63, 3.8) is 0 Å². The van der Waals surface area contributed by atoms with Gasteiger partial charge in [0.15, 0.2) is 0 Å². The highest BCUT2D eigenvalue weighted by Crippen LogP contribution is 2.11. The van der Waals surface area contributed by atoms with Crippen LogP contribution in [0.2, 0.25) is 0 Å². The van der Waals surface area contributed by atoms with E-state index in [9.17, 15) is 0 Å². The molecule has 2 heterocycles. The molecule has 0 aliphatic carbocycles. The van der Waals surface area contributed by atoms with E-state index in [-0.39, 0.29) is 0 Å². The molecule has 0 saturated heterocycles. The molecule has 0 amide bonds. The Morgan fingerprint density at radius 1 is 1.29 bits per heavy atom. The Hall–Kier alpha value is -1.34. The SMILES string of the molecule is CCn1cnnc1CN(C)Cc1nnc(C)s1. The van der Waals surface area contributed by atoms with Gasteiger partial charge in [0.05, 0.1) is 13.1 Å². The van der Waals surface area contributed by atoms with E-state index in [0.717, 1.165) is 35.5 Å². The largest absolute Gasteiger partial charge is 0.317 e. The van der Waals surface area contributed by atoms with E-state index in [1.807, 2.05) is 18.5 Å². The monoisotopic (exact) mass is 252 g/mol. The molecule has 0 bridgehead atoms. The minimum absolute atomic E-state index is 0.770. The summed E-state index contributed by atoms with van der Waals surface area (Å²) in [6.45, 7) is 6.51. The van der Waals surface area contributed by atoms with Crippen LogP contribution in [0.15, 0.2) is 6.33 Å². The second-order valence-corrected chi connectivity index (χ2v) is 5.19. The highest BCUT2D eigenvalue weighted by molar-refractivity contribution is 7.11. The lowest BCUT2D eigenvalue weighted by Gasteiger charge is -2.14. The summed E-state index contributed by atoms with van der Waals surface area (Å²) in [4.78, 5) is 2.16. The molecular formula is C10H16N6S. The molecule has 0 atom stereocenters. The summed E-state index contributed by atoms with van der Waals surface area (Å²) in [6, 6.07) is 0. The quantitative estimate of drug-likeness (QED) is 0.797. The Labute approximate surface area is 104 Å². The topological polar surface area (TPSA) is 59.7 Å². The first kappa shape index (κ1) is 12.1. The van der Waals surface area contributed by atoms with Gasteiger partial charge in [-0.05, 0) is 20.9 Å². The average Bonchev–Trinajstić information content (AvgIpc) is 2.87. The highest BCUT2D eigenvalue weighted by atomic mass is 32.1. The summed E-state index contributed by atoms with van der Waals surface area (Å²) >= 11 is 1.63. The van der Waals surface area contributed by atoms with E-state index in [2.05, 4.69) is 32.2 Å². The Balaban J connectivity index is 1.95. The van der Waals surface area contributed by atoms with E-state index in [1.165, 1.54) is 0 Å². The van der Waals surface area contributed by atoms with Gasteiger partial charge in [-0.3, -0.25) is 4.90 Å². The second-order valence-electron chi connectivity index (χ2n) is 3.92. The van der Waals surface area contributed by atoms with Crippen LogP contribution >= 0.6 is 11.3 Å². The van der Waals surface area contributed by atoms with Gasteiger partial charge in [0.1, 0.15) is 22.2 Å². The average molecular weight is 252 g/mol. The smallest absolute Gasteiger partial charge is 0.147 e. The summed E-state index contributed by atoms with van der Waals surface area (Å²) in [5, 5.41) is 18.2. The third-order valence-electron chi connectivity index (χ3n) is 2.42. The van der Waals surface area contributed by atoms with Crippen molar-refractivity contribution >= 4 is 11.3 Å². The molecule has 0 aliphatic rings. The van der Waals surface area contributed by atoms with Crippen LogP contribution in [-0.4, -0.2) is 36.9 Å². The van der Waals surface area contributed by atoms with Crippen LogP contribution < -0.4 is 0 Å². The molecule has 6 nitrogen and oxygen atoms in total. The predicted octanol–water partition coefficient (Wildman–Crippen LogP) is 1.09. The fraction of sp³-hybridized carbons (Fsp3) is 0.600. The zero-order valence-corrected chi connectivity index (χ0v) is 11.1. The van der Waals surface area contributed by atoms with Crippen molar-refractivity contribution < 1.29 is 0 Å². The molecule has 0 N–H and O–H groups in total. The van der Waals surface area contributed by atoms with Gasteiger partial charge in [-0.25, -0.2) is 0 Å². The summed E-state index contributed by atoms with van der Waals surface area (Å²) < 4.78 is 2.04. The minimum atomic E-state index is 0.770. The fourth-order valence-corrected chi connectivity index (χ4v) is 2.38. The van der Waals surface area contributed by atoms with Crippen molar-refractivity contribution in [2.75, 3.05) is 7.05 Å². The zero-order chi connectivity index (χ0) is 12.3. The summed E-state index contributed by atoms with van der Waals surface area (Å²) in [7, 11) is 2.05. The maximum atomic E-state index is 4.11. The maximum absolute atomic E-state index is 4.11. The Bertz CT molecular complexity index is 477. The first-order valence-electron chi connectivity index (χ1n) is 5.53. The van der Waals surface area contributed by atoms with Gasteiger partial charge in [-0.1, -0.05) is 0 Å². The number of rotatable bonds is 5. The number of nitrogens with zero attached hydrogens (tertiary/aromatic N) is 6. The van der Waals surface area contributed by atoms with Gasteiger partial charge < -0.3 is 4.57 Å². The van der Waals surface area contributed by atoms with Crippen molar-refractivity contribution in [2.24, 2.45) is 0 Å². The first-order chi connectivity index (χ1) is 8.19. The van der Waals surface area contributed by atoms with Gasteiger partial charge >= 0.3 is 0 Å². The van der Waals surface area contributed by atoms with Gasteiger partial charge in [0, 0.05) is 6.54 Å². The van der Waals surface area contributed by atoms with Crippen molar-refractivity contribution in [2.45, 2.75) is 33.5 Å². The molecule has 0 fully saturated rings. The van der Waals surface area contributed by atoms with Crippen LogP contribution in [0.5, 0.6) is 0 Å². The normalized spacial score (nSPS) is 11.3. The van der Waals surface area contributed by atoms with Gasteiger partial charge in [-0.15, -0.1) is 31.7 Å².